The third kappa shape index (κ3) is 8.52. The predicted octanol–water partition coefficient (Wildman–Crippen LogP) is 5.16. The fourth-order valence-corrected chi connectivity index (χ4v) is 4.11. The van der Waals surface area contributed by atoms with E-state index in [0.29, 0.717) is 39.1 Å². The maximum absolute atomic E-state index is 14.9. The zero-order valence-corrected chi connectivity index (χ0v) is 22.6. The van der Waals surface area contributed by atoms with Gasteiger partial charge in [-0.25, -0.2) is 18.7 Å². The highest BCUT2D eigenvalue weighted by Gasteiger charge is 2.22. The molecule has 0 aromatic carbocycles. The molecule has 2 N–H and O–H groups in total. The van der Waals surface area contributed by atoms with Crippen molar-refractivity contribution in [1.29, 1.82) is 5.26 Å². The van der Waals surface area contributed by atoms with Crippen LogP contribution in [0.1, 0.15) is 59.4 Å². The Balaban J connectivity index is 1.78. The summed E-state index contributed by atoms with van der Waals surface area (Å²) in [5, 5.41) is 15.5. The van der Waals surface area contributed by atoms with Crippen molar-refractivity contribution in [1.82, 2.24) is 9.97 Å². The Hall–Kier alpha value is -3.52. The van der Waals surface area contributed by atoms with E-state index >= 15 is 0 Å². The number of halogens is 2. The number of carbonyl (C=O) groups excluding carboxylic acids is 1. The molecule has 1 atom stereocenters. The summed E-state index contributed by atoms with van der Waals surface area (Å²) in [5.74, 6) is -1.09. The molecule has 0 radical (unpaired) electrons. The first-order valence-corrected chi connectivity index (χ1v) is 12.8. The van der Waals surface area contributed by atoms with E-state index < -0.39 is 17.2 Å². The Kier molecular flexibility index (Phi) is 9.80. The molecule has 2 aromatic heterocycles. The van der Waals surface area contributed by atoms with Gasteiger partial charge in [0.15, 0.2) is 29.1 Å². The van der Waals surface area contributed by atoms with E-state index in [1.165, 1.54) is 12.3 Å². The number of esters is 1. The largest absolute Gasteiger partial charge is 0.460 e. The summed E-state index contributed by atoms with van der Waals surface area (Å²) in [6.45, 7) is 11.5. The molecule has 0 bridgehead atoms. The first-order chi connectivity index (χ1) is 17.9. The molecule has 0 unspecified atom stereocenters. The van der Waals surface area contributed by atoms with Gasteiger partial charge in [-0.3, -0.25) is 4.79 Å². The number of pyridine rings is 2. The highest BCUT2D eigenvalue weighted by molar-refractivity contribution is 5.70. The molecule has 1 aliphatic rings. The molecule has 0 amide bonds. The van der Waals surface area contributed by atoms with Crippen LogP contribution in [-0.4, -0.2) is 53.9 Å². The summed E-state index contributed by atoms with van der Waals surface area (Å²) in [7, 11) is 0. The Morgan fingerprint density at radius 1 is 1.21 bits per heavy atom. The number of nitrogens with one attached hydrogen (secondary N) is 2. The number of nitriles is 1. The molecule has 3 rings (SSSR count). The van der Waals surface area contributed by atoms with E-state index in [-0.39, 0.29) is 53.1 Å². The number of hydrogen-bond acceptors (Lipinski definition) is 9. The van der Waals surface area contributed by atoms with Crippen molar-refractivity contribution in [3.8, 4) is 6.07 Å². The molecule has 0 spiro atoms. The van der Waals surface area contributed by atoms with Crippen LogP contribution in [0.4, 0.5) is 31.9 Å². The third-order valence-corrected chi connectivity index (χ3v) is 5.71. The normalized spacial score (nSPS) is 14.7. The van der Waals surface area contributed by atoms with Crippen LogP contribution in [0.15, 0.2) is 18.3 Å². The number of rotatable bonds is 10. The second kappa shape index (κ2) is 12.8. The van der Waals surface area contributed by atoms with Crippen molar-refractivity contribution in [3.63, 3.8) is 0 Å². The summed E-state index contributed by atoms with van der Waals surface area (Å²) in [6, 6.07) is 3.99. The minimum atomic E-state index is -0.704. The summed E-state index contributed by atoms with van der Waals surface area (Å²) < 4.78 is 40.4. The first-order valence-electron chi connectivity index (χ1n) is 12.8. The van der Waals surface area contributed by atoms with Gasteiger partial charge >= 0.3 is 5.97 Å². The Morgan fingerprint density at radius 3 is 2.53 bits per heavy atom. The molecule has 1 saturated heterocycles. The lowest BCUT2D eigenvalue weighted by Gasteiger charge is -2.28. The van der Waals surface area contributed by atoms with Gasteiger partial charge in [0.2, 0.25) is 0 Å². The molecule has 3 heterocycles. The molecular weight excluding hydrogens is 494 g/mol. The monoisotopic (exact) mass is 530 g/mol. The van der Waals surface area contributed by atoms with Gasteiger partial charge in [0, 0.05) is 31.6 Å². The number of anilines is 4. The Bertz CT molecular complexity index is 1160. The fraction of sp³-hybridized carbons (Fsp3) is 0.556. The fourth-order valence-electron chi connectivity index (χ4n) is 4.11. The van der Waals surface area contributed by atoms with Crippen molar-refractivity contribution in [2.24, 2.45) is 5.92 Å². The molecule has 9 nitrogen and oxygen atoms in total. The quantitative estimate of drug-likeness (QED) is 0.403. The highest BCUT2D eigenvalue weighted by Crippen LogP contribution is 2.27. The standard InChI is InChI=1S/C27H36F2N6O3/c1-17(2)12-19(6-7-23(36)38-27(3,4)5)32-25-21(28)13-18(15-30)24(34-25)33-20-14-22(29)26(31-16-20)35-8-10-37-11-9-35/h13-14,16-17,19H,6-12H2,1-5H3,(H2,32,33,34)/t19-/m0/s1. The lowest BCUT2D eigenvalue weighted by Crippen LogP contribution is -2.37. The predicted molar refractivity (Wildman–Crippen MR) is 141 cm³/mol. The second-order valence-corrected chi connectivity index (χ2v) is 10.7. The van der Waals surface area contributed by atoms with Crippen molar-refractivity contribution >= 4 is 29.1 Å². The van der Waals surface area contributed by atoms with Crippen LogP contribution in [0, 0.1) is 28.9 Å². The van der Waals surface area contributed by atoms with Crippen LogP contribution in [0.3, 0.4) is 0 Å². The van der Waals surface area contributed by atoms with Crippen molar-refractivity contribution in [3.05, 3.63) is 35.5 Å². The van der Waals surface area contributed by atoms with Gasteiger partial charge in [0.25, 0.3) is 0 Å². The topological polar surface area (TPSA) is 112 Å². The van der Waals surface area contributed by atoms with Crippen LogP contribution in [0.5, 0.6) is 0 Å². The molecule has 1 fully saturated rings. The lowest BCUT2D eigenvalue weighted by molar-refractivity contribution is -0.155. The van der Waals surface area contributed by atoms with Crippen LogP contribution in [0.2, 0.25) is 0 Å². The average molecular weight is 531 g/mol. The van der Waals surface area contributed by atoms with Crippen LogP contribution >= 0.6 is 0 Å². The van der Waals surface area contributed by atoms with Gasteiger partial charge in [-0.1, -0.05) is 13.8 Å². The molecular formula is C27H36F2N6O3. The molecule has 38 heavy (non-hydrogen) atoms. The van der Waals surface area contributed by atoms with E-state index in [9.17, 15) is 18.8 Å². The molecule has 2 aromatic rings. The van der Waals surface area contributed by atoms with E-state index in [0.717, 1.165) is 6.07 Å². The van der Waals surface area contributed by atoms with Crippen molar-refractivity contribution < 1.29 is 23.0 Å². The number of hydrogen-bond donors (Lipinski definition) is 2. The Morgan fingerprint density at radius 2 is 1.92 bits per heavy atom. The maximum Gasteiger partial charge on any atom is 0.306 e. The first kappa shape index (κ1) is 29.0. The molecule has 0 saturated carbocycles. The molecule has 0 aliphatic carbocycles. The molecule has 206 valence electrons. The van der Waals surface area contributed by atoms with Crippen molar-refractivity contribution in [2.75, 3.05) is 41.8 Å². The van der Waals surface area contributed by atoms with Gasteiger partial charge in [-0.15, -0.1) is 0 Å². The van der Waals surface area contributed by atoms with Crippen LogP contribution < -0.4 is 15.5 Å². The van der Waals surface area contributed by atoms with E-state index in [4.69, 9.17) is 9.47 Å². The highest BCUT2D eigenvalue weighted by atomic mass is 19.1. The van der Waals surface area contributed by atoms with E-state index in [2.05, 4.69) is 20.6 Å². The minimum Gasteiger partial charge on any atom is -0.460 e. The van der Waals surface area contributed by atoms with Gasteiger partial charge < -0.3 is 25.0 Å². The van der Waals surface area contributed by atoms with E-state index in [1.807, 2.05) is 19.9 Å². The number of morpholine rings is 1. The lowest BCUT2D eigenvalue weighted by atomic mass is 9.99. The third-order valence-electron chi connectivity index (χ3n) is 5.71. The number of carbonyl (C=O) groups is 1. The number of aromatic nitrogens is 2. The smallest absolute Gasteiger partial charge is 0.306 e. The minimum absolute atomic E-state index is 0.0418. The summed E-state index contributed by atoms with van der Waals surface area (Å²) in [6.07, 6.45) is 2.67. The molecule has 11 heteroatoms. The second-order valence-electron chi connectivity index (χ2n) is 10.7. The summed E-state index contributed by atoms with van der Waals surface area (Å²) >= 11 is 0. The SMILES string of the molecule is CC(C)C[C@H](CCC(=O)OC(C)(C)C)Nc1nc(Nc2cnc(N3CCOCC3)c(F)c2)c(C#N)cc1F. The maximum atomic E-state index is 14.9. The zero-order chi connectivity index (χ0) is 27.9. The summed E-state index contributed by atoms with van der Waals surface area (Å²) in [4.78, 5) is 22.6. The zero-order valence-electron chi connectivity index (χ0n) is 22.6. The van der Waals surface area contributed by atoms with Gasteiger partial charge in [-0.05, 0) is 45.6 Å². The molecule has 1 aliphatic heterocycles. The Labute approximate surface area is 222 Å². The number of ether oxygens (including phenoxy) is 2. The van der Waals surface area contributed by atoms with Gasteiger partial charge in [0.05, 0.1) is 30.7 Å². The van der Waals surface area contributed by atoms with Crippen LogP contribution in [0.25, 0.3) is 0 Å². The van der Waals surface area contributed by atoms with E-state index in [1.54, 1.807) is 25.7 Å². The number of nitrogens with zero attached hydrogens (tertiary/aromatic N) is 4. The average Bonchev–Trinajstić information content (AvgIpc) is 2.83. The summed E-state index contributed by atoms with van der Waals surface area (Å²) in [5.41, 5.74) is -0.363. The van der Waals surface area contributed by atoms with Crippen LogP contribution in [-0.2, 0) is 14.3 Å². The van der Waals surface area contributed by atoms with Crippen molar-refractivity contribution in [2.45, 2.75) is 65.5 Å². The van der Waals surface area contributed by atoms with Gasteiger partial charge in [-0.2, -0.15) is 5.26 Å². The van der Waals surface area contributed by atoms with Gasteiger partial charge in [0.1, 0.15) is 11.7 Å².